The number of carbonyl (C=O) groups is 2. The molecule has 0 spiro atoms. The lowest BCUT2D eigenvalue weighted by atomic mass is 9.93. The number of hydrogen-bond acceptors (Lipinski definition) is 3. The molecule has 1 aliphatic rings. The Balaban J connectivity index is 0.00000242. The van der Waals surface area contributed by atoms with Crippen molar-refractivity contribution in [3.63, 3.8) is 0 Å². The van der Waals surface area contributed by atoms with Crippen molar-refractivity contribution in [3.8, 4) is 0 Å². The van der Waals surface area contributed by atoms with Crippen molar-refractivity contribution in [1.82, 2.24) is 5.32 Å². The van der Waals surface area contributed by atoms with Crippen molar-refractivity contribution in [1.29, 1.82) is 0 Å². The van der Waals surface area contributed by atoms with Crippen LogP contribution in [0.15, 0.2) is 18.2 Å². The fourth-order valence-corrected chi connectivity index (χ4v) is 2.74. The molecule has 2 amide bonds. The van der Waals surface area contributed by atoms with Crippen molar-refractivity contribution in [2.75, 3.05) is 17.2 Å². The molecule has 22 heavy (non-hydrogen) atoms. The summed E-state index contributed by atoms with van der Waals surface area (Å²) in [6, 6.07) is 5.52. The number of anilines is 2. The maximum atomic E-state index is 12.6. The van der Waals surface area contributed by atoms with Gasteiger partial charge in [0.25, 0.3) is 0 Å². The number of benzene rings is 1. The van der Waals surface area contributed by atoms with Crippen molar-refractivity contribution in [2.45, 2.75) is 45.6 Å². The minimum atomic E-state index is -0.462. The molecule has 3 N–H and O–H groups in total. The monoisotopic (exact) mass is 325 g/mol. The van der Waals surface area contributed by atoms with Gasteiger partial charge in [-0.05, 0) is 50.4 Å². The molecule has 1 aromatic rings. The van der Waals surface area contributed by atoms with Crippen LogP contribution in [-0.4, -0.2) is 23.9 Å². The van der Waals surface area contributed by atoms with Crippen LogP contribution >= 0.6 is 12.4 Å². The van der Waals surface area contributed by atoms with Crippen LogP contribution in [0.25, 0.3) is 0 Å². The third-order valence-electron chi connectivity index (χ3n) is 4.09. The highest BCUT2D eigenvalue weighted by molar-refractivity contribution is 5.99. The summed E-state index contributed by atoms with van der Waals surface area (Å²) in [6.07, 6.45) is 2.65. The van der Waals surface area contributed by atoms with Crippen LogP contribution in [-0.2, 0) is 9.59 Å². The average molecular weight is 326 g/mol. The van der Waals surface area contributed by atoms with E-state index in [2.05, 4.69) is 16.0 Å². The highest BCUT2D eigenvalue weighted by atomic mass is 35.5. The molecule has 122 valence electrons. The maximum absolute atomic E-state index is 12.6. The van der Waals surface area contributed by atoms with Gasteiger partial charge in [-0.15, -0.1) is 12.4 Å². The molecule has 0 radical (unpaired) electrons. The minimum Gasteiger partial charge on any atom is -0.326 e. The maximum Gasteiger partial charge on any atom is 0.244 e. The second-order valence-electron chi connectivity index (χ2n) is 5.63. The predicted octanol–water partition coefficient (Wildman–Crippen LogP) is 2.85. The Kier molecular flexibility index (Phi) is 6.38. The molecule has 0 saturated carbocycles. The molecular formula is C16H24ClN3O2. The molecule has 1 heterocycles. The van der Waals surface area contributed by atoms with Gasteiger partial charge < -0.3 is 16.0 Å². The minimum absolute atomic E-state index is 0. The molecule has 1 saturated heterocycles. The second kappa shape index (κ2) is 7.61. The van der Waals surface area contributed by atoms with Crippen LogP contribution in [0, 0.1) is 6.92 Å². The van der Waals surface area contributed by atoms with Crippen molar-refractivity contribution in [2.24, 2.45) is 0 Å². The van der Waals surface area contributed by atoms with Crippen LogP contribution in [0.5, 0.6) is 0 Å². The summed E-state index contributed by atoms with van der Waals surface area (Å²) < 4.78 is 0. The van der Waals surface area contributed by atoms with Gasteiger partial charge in [-0.3, -0.25) is 9.59 Å². The molecule has 0 aliphatic carbocycles. The first-order chi connectivity index (χ1) is 9.97. The smallest absolute Gasteiger partial charge is 0.244 e. The van der Waals surface area contributed by atoms with Crippen molar-refractivity contribution < 1.29 is 9.59 Å². The van der Waals surface area contributed by atoms with Gasteiger partial charge in [-0.2, -0.15) is 0 Å². The average Bonchev–Trinajstić information content (AvgIpc) is 2.92. The van der Waals surface area contributed by atoms with E-state index in [9.17, 15) is 9.59 Å². The van der Waals surface area contributed by atoms with E-state index in [4.69, 9.17) is 0 Å². The number of nitrogens with one attached hydrogen (secondary N) is 3. The Hall–Kier alpha value is -1.59. The van der Waals surface area contributed by atoms with Crippen LogP contribution in [0.2, 0.25) is 0 Å². The van der Waals surface area contributed by atoms with Crippen molar-refractivity contribution >= 4 is 35.6 Å². The second-order valence-corrected chi connectivity index (χ2v) is 5.63. The summed E-state index contributed by atoms with van der Waals surface area (Å²) in [5, 5.41) is 9.06. The zero-order chi connectivity index (χ0) is 15.5. The fourth-order valence-electron chi connectivity index (χ4n) is 2.74. The molecule has 5 nitrogen and oxygen atoms in total. The number of amides is 2. The molecule has 6 heteroatoms. The summed E-state index contributed by atoms with van der Waals surface area (Å²) in [5.41, 5.74) is 1.94. The van der Waals surface area contributed by atoms with E-state index in [-0.39, 0.29) is 24.2 Å². The standard InChI is InChI=1S/C16H23N3O2.ClH/c1-4-16(8-5-9-17-16)15(21)19-14-10-13(18-12(3)20)7-6-11(14)2;/h6-7,10,17H,4-5,8-9H2,1-3H3,(H,18,20)(H,19,21);1H. The molecule has 1 fully saturated rings. The van der Waals surface area contributed by atoms with Gasteiger partial charge >= 0.3 is 0 Å². The molecule has 1 unspecified atom stereocenters. The van der Waals surface area contributed by atoms with Gasteiger partial charge in [0.15, 0.2) is 0 Å². The number of aryl methyl sites for hydroxylation is 1. The highest BCUT2D eigenvalue weighted by Crippen LogP contribution is 2.27. The number of halogens is 1. The first-order valence-corrected chi connectivity index (χ1v) is 7.41. The highest BCUT2D eigenvalue weighted by Gasteiger charge is 2.39. The zero-order valence-corrected chi connectivity index (χ0v) is 14.1. The van der Waals surface area contributed by atoms with E-state index in [1.54, 1.807) is 6.07 Å². The summed E-state index contributed by atoms with van der Waals surface area (Å²) in [4.78, 5) is 23.7. The van der Waals surface area contributed by atoms with E-state index in [0.717, 1.165) is 37.1 Å². The lowest BCUT2D eigenvalue weighted by Gasteiger charge is -2.27. The van der Waals surface area contributed by atoms with Gasteiger partial charge in [-0.25, -0.2) is 0 Å². The molecule has 0 aromatic heterocycles. The van der Waals surface area contributed by atoms with Gasteiger partial charge in [0.05, 0.1) is 5.54 Å². The number of hydrogen-bond donors (Lipinski definition) is 3. The molecule has 1 aliphatic heterocycles. The van der Waals surface area contributed by atoms with E-state index in [1.807, 2.05) is 26.0 Å². The molecule has 1 aromatic carbocycles. The summed E-state index contributed by atoms with van der Waals surface area (Å²) in [7, 11) is 0. The van der Waals surface area contributed by atoms with E-state index < -0.39 is 5.54 Å². The normalized spacial score (nSPS) is 20.1. The quantitative estimate of drug-likeness (QED) is 0.797. The summed E-state index contributed by atoms with van der Waals surface area (Å²) in [6.45, 7) is 6.31. The van der Waals surface area contributed by atoms with Gasteiger partial charge in [0.1, 0.15) is 0 Å². The Morgan fingerprint density at radius 3 is 2.59 bits per heavy atom. The summed E-state index contributed by atoms with van der Waals surface area (Å²) >= 11 is 0. The largest absolute Gasteiger partial charge is 0.326 e. The first kappa shape index (κ1) is 18.5. The van der Waals surface area contributed by atoms with Gasteiger partial charge in [-0.1, -0.05) is 13.0 Å². The van der Waals surface area contributed by atoms with Crippen LogP contribution in [0.3, 0.4) is 0 Å². The molecule has 0 bridgehead atoms. The molecule has 1 atom stereocenters. The van der Waals surface area contributed by atoms with E-state index in [1.165, 1.54) is 6.92 Å². The zero-order valence-electron chi connectivity index (χ0n) is 13.3. The Labute approximate surface area is 137 Å². The lowest BCUT2D eigenvalue weighted by molar-refractivity contribution is -0.122. The van der Waals surface area contributed by atoms with E-state index in [0.29, 0.717) is 5.69 Å². The third kappa shape index (κ3) is 3.99. The number of carbonyl (C=O) groups excluding carboxylic acids is 2. The van der Waals surface area contributed by atoms with E-state index >= 15 is 0 Å². The Morgan fingerprint density at radius 2 is 2.05 bits per heavy atom. The van der Waals surface area contributed by atoms with Crippen LogP contribution in [0.4, 0.5) is 11.4 Å². The van der Waals surface area contributed by atoms with Gasteiger partial charge in [0, 0.05) is 18.3 Å². The Bertz CT molecular complexity index is 554. The summed E-state index contributed by atoms with van der Waals surface area (Å²) in [5.74, 6) is -0.121. The van der Waals surface area contributed by atoms with Crippen LogP contribution < -0.4 is 16.0 Å². The number of rotatable bonds is 4. The topological polar surface area (TPSA) is 70.2 Å². The third-order valence-corrected chi connectivity index (χ3v) is 4.09. The first-order valence-electron chi connectivity index (χ1n) is 7.41. The SMILES string of the molecule is CCC1(C(=O)Nc2cc(NC(C)=O)ccc2C)CCCN1.Cl. The lowest BCUT2D eigenvalue weighted by Crippen LogP contribution is -2.50. The van der Waals surface area contributed by atoms with Crippen molar-refractivity contribution in [3.05, 3.63) is 23.8 Å². The Morgan fingerprint density at radius 1 is 1.32 bits per heavy atom. The van der Waals surface area contributed by atoms with Crippen LogP contribution in [0.1, 0.15) is 38.7 Å². The molecule has 2 rings (SSSR count). The van der Waals surface area contributed by atoms with Gasteiger partial charge in [0.2, 0.25) is 11.8 Å². The predicted molar refractivity (Wildman–Crippen MR) is 91.6 cm³/mol. The molecular weight excluding hydrogens is 302 g/mol. The fraction of sp³-hybridized carbons (Fsp3) is 0.500.